The highest BCUT2D eigenvalue weighted by Gasteiger charge is 2.14. The number of rotatable bonds is 8. The lowest BCUT2D eigenvalue weighted by atomic mass is 10.1. The molecule has 1 aromatic heterocycles. The molecule has 0 saturated carbocycles. The summed E-state index contributed by atoms with van der Waals surface area (Å²) in [6.07, 6.45) is 3.95. The fourth-order valence-corrected chi connectivity index (χ4v) is 3.98. The molecule has 3 rings (SSSR count). The lowest BCUT2D eigenvalue weighted by molar-refractivity contribution is -0.129. The number of carbonyl (C=O) groups excluding carboxylic acids is 1. The highest BCUT2D eigenvalue weighted by atomic mass is 32.1. The zero-order valence-corrected chi connectivity index (χ0v) is 15.3. The molecule has 0 saturated heterocycles. The Kier molecular flexibility index (Phi) is 6.52. The van der Waals surface area contributed by atoms with Crippen LogP contribution in [0.3, 0.4) is 0 Å². The van der Waals surface area contributed by atoms with Gasteiger partial charge < -0.3 is 0 Å². The Morgan fingerprint density at radius 1 is 0.923 bits per heavy atom. The van der Waals surface area contributed by atoms with E-state index in [0.717, 1.165) is 41.9 Å². The molecule has 0 unspecified atom stereocenters. The zero-order valence-electron chi connectivity index (χ0n) is 14.5. The van der Waals surface area contributed by atoms with Crippen molar-refractivity contribution in [2.75, 3.05) is 0 Å². The van der Waals surface area contributed by atoms with E-state index in [4.69, 9.17) is 10.2 Å². The van der Waals surface area contributed by atoms with Gasteiger partial charge >= 0.3 is 0 Å². The third-order valence-electron chi connectivity index (χ3n) is 4.17. The molecule has 0 aliphatic rings. The van der Waals surface area contributed by atoms with Gasteiger partial charge in [0.15, 0.2) is 0 Å². The van der Waals surface area contributed by atoms with Gasteiger partial charge in [0, 0.05) is 12.0 Å². The molecule has 0 spiro atoms. The number of hydrogen-bond acceptors (Lipinski definition) is 4. The van der Waals surface area contributed by atoms with Gasteiger partial charge in [-0.05, 0) is 24.8 Å². The quantitative estimate of drug-likeness (QED) is 0.332. The summed E-state index contributed by atoms with van der Waals surface area (Å²) in [6, 6.07) is 20.7. The molecule has 0 fully saturated rings. The second kappa shape index (κ2) is 9.27. The van der Waals surface area contributed by atoms with Crippen molar-refractivity contribution < 1.29 is 10.0 Å². The number of unbranched alkanes of at least 4 members (excludes halogenated alkanes) is 2. The number of aromatic nitrogens is 1. The SMILES string of the molecule is O=C(CCCCCc1nc(-c2ccccc2)c(-c2ccccc2)s1)NO. The van der Waals surface area contributed by atoms with E-state index in [1.165, 1.54) is 10.4 Å². The molecule has 0 bridgehead atoms. The number of carbonyl (C=O) groups is 1. The summed E-state index contributed by atoms with van der Waals surface area (Å²) in [7, 11) is 0. The van der Waals surface area contributed by atoms with Crippen molar-refractivity contribution >= 4 is 17.2 Å². The summed E-state index contributed by atoms with van der Waals surface area (Å²) in [4.78, 5) is 17.1. The van der Waals surface area contributed by atoms with Crippen molar-refractivity contribution in [3.63, 3.8) is 0 Å². The number of thiazole rings is 1. The van der Waals surface area contributed by atoms with Crippen LogP contribution in [0.2, 0.25) is 0 Å². The van der Waals surface area contributed by atoms with E-state index in [9.17, 15) is 4.79 Å². The molecule has 1 heterocycles. The number of nitrogens with one attached hydrogen (secondary N) is 1. The van der Waals surface area contributed by atoms with Gasteiger partial charge in [0.05, 0.1) is 15.6 Å². The van der Waals surface area contributed by atoms with Gasteiger partial charge in [-0.3, -0.25) is 10.0 Å². The van der Waals surface area contributed by atoms with Crippen LogP contribution in [0.1, 0.15) is 30.7 Å². The summed E-state index contributed by atoms with van der Waals surface area (Å²) in [5.41, 5.74) is 5.03. The minimum absolute atomic E-state index is 0.322. The smallest absolute Gasteiger partial charge is 0.243 e. The van der Waals surface area contributed by atoms with E-state index in [2.05, 4.69) is 36.4 Å². The Bertz CT molecular complexity index is 775. The second-order valence-electron chi connectivity index (χ2n) is 6.11. The van der Waals surface area contributed by atoms with Crippen molar-refractivity contribution in [1.29, 1.82) is 0 Å². The van der Waals surface area contributed by atoms with Gasteiger partial charge in [0.25, 0.3) is 0 Å². The van der Waals surface area contributed by atoms with Gasteiger partial charge in [-0.15, -0.1) is 11.3 Å². The lowest BCUT2D eigenvalue weighted by Gasteiger charge is -2.02. The number of aryl methyl sites for hydroxylation is 1. The summed E-state index contributed by atoms with van der Waals surface area (Å²) in [5, 5.41) is 9.63. The fraction of sp³-hybridized carbons (Fsp3) is 0.238. The van der Waals surface area contributed by atoms with Crippen molar-refractivity contribution in [2.24, 2.45) is 0 Å². The van der Waals surface area contributed by atoms with Crippen LogP contribution < -0.4 is 5.48 Å². The first-order chi connectivity index (χ1) is 12.8. The van der Waals surface area contributed by atoms with Crippen LogP contribution in [-0.4, -0.2) is 16.1 Å². The van der Waals surface area contributed by atoms with Crippen LogP contribution in [0.5, 0.6) is 0 Å². The van der Waals surface area contributed by atoms with E-state index in [0.29, 0.717) is 6.42 Å². The highest BCUT2D eigenvalue weighted by Crippen LogP contribution is 2.37. The Morgan fingerprint density at radius 2 is 1.58 bits per heavy atom. The minimum Gasteiger partial charge on any atom is -0.289 e. The van der Waals surface area contributed by atoms with Crippen LogP contribution >= 0.6 is 11.3 Å². The third kappa shape index (κ3) is 4.77. The number of hydroxylamine groups is 1. The Balaban J connectivity index is 1.74. The van der Waals surface area contributed by atoms with Gasteiger partial charge in [0.2, 0.25) is 5.91 Å². The van der Waals surface area contributed by atoms with Crippen molar-refractivity contribution in [1.82, 2.24) is 10.5 Å². The molecule has 3 aromatic rings. The molecule has 0 atom stereocenters. The van der Waals surface area contributed by atoms with Crippen molar-refractivity contribution in [3.8, 4) is 21.7 Å². The Morgan fingerprint density at radius 3 is 2.23 bits per heavy atom. The molecule has 1 amide bonds. The monoisotopic (exact) mass is 366 g/mol. The first-order valence-corrected chi connectivity index (χ1v) is 9.63. The standard InChI is InChI=1S/C21H22N2O2S/c24-18(23-25)14-8-3-9-15-19-22-20(16-10-4-1-5-11-16)21(26-19)17-12-6-2-7-13-17/h1-2,4-7,10-13,25H,3,8-9,14-15H2,(H,23,24). The van der Waals surface area contributed by atoms with Crippen LogP contribution in [0.4, 0.5) is 0 Å². The van der Waals surface area contributed by atoms with Gasteiger partial charge in [-0.2, -0.15) is 0 Å². The summed E-state index contributed by atoms with van der Waals surface area (Å²) in [5.74, 6) is -0.322. The molecule has 0 aliphatic carbocycles. The van der Waals surface area contributed by atoms with E-state index in [-0.39, 0.29) is 5.91 Å². The average molecular weight is 366 g/mol. The van der Waals surface area contributed by atoms with Crippen LogP contribution in [0.15, 0.2) is 60.7 Å². The molecular weight excluding hydrogens is 344 g/mol. The van der Waals surface area contributed by atoms with E-state index < -0.39 is 0 Å². The topological polar surface area (TPSA) is 62.2 Å². The number of nitrogens with zero attached hydrogens (tertiary/aromatic N) is 1. The Labute approximate surface area is 157 Å². The Hall–Kier alpha value is -2.50. The predicted molar refractivity (Wildman–Crippen MR) is 105 cm³/mol. The third-order valence-corrected chi connectivity index (χ3v) is 5.34. The van der Waals surface area contributed by atoms with Crippen LogP contribution in [-0.2, 0) is 11.2 Å². The molecule has 2 aromatic carbocycles. The van der Waals surface area contributed by atoms with Crippen molar-refractivity contribution in [3.05, 3.63) is 65.7 Å². The fourth-order valence-electron chi connectivity index (χ4n) is 2.84. The molecule has 26 heavy (non-hydrogen) atoms. The second-order valence-corrected chi connectivity index (χ2v) is 7.20. The first-order valence-electron chi connectivity index (χ1n) is 8.81. The summed E-state index contributed by atoms with van der Waals surface area (Å²) < 4.78 is 0. The lowest BCUT2D eigenvalue weighted by Crippen LogP contribution is -2.17. The van der Waals surface area contributed by atoms with E-state index in [1.807, 2.05) is 24.3 Å². The van der Waals surface area contributed by atoms with Gasteiger partial charge in [-0.1, -0.05) is 67.1 Å². The normalized spacial score (nSPS) is 10.7. The predicted octanol–water partition coefficient (Wildman–Crippen LogP) is 5.09. The zero-order chi connectivity index (χ0) is 18.2. The van der Waals surface area contributed by atoms with E-state index >= 15 is 0 Å². The maximum atomic E-state index is 11.0. The summed E-state index contributed by atoms with van der Waals surface area (Å²) in [6.45, 7) is 0. The highest BCUT2D eigenvalue weighted by molar-refractivity contribution is 7.15. The maximum absolute atomic E-state index is 11.0. The van der Waals surface area contributed by atoms with Crippen LogP contribution in [0.25, 0.3) is 21.7 Å². The average Bonchev–Trinajstić information content (AvgIpc) is 3.13. The van der Waals surface area contributed by atoms with Gasteiger partial charge in [0.1, 0.15) is 0 Å². The number of hydrogen-bond donors (Lipinski definition) is 2. The van der Waals surface area contributed by atoms with Gasteiger partial charge in [-0.25, -0.2) is 10.5 Å². The first kappa shape index (κ1) is 18.3. The molecule has 0 radical (unpaired) electrons. The molecule has 4 nitrogen and oxygen atoms in total. The number of benzene rings is 2. The maximum Gasteiger partial charge on any atom is 0.243 e. The number of amides is 1. The molecule has 2 N–H and O–H groups in total. The van der Waals surface area contributed by atoms with E-state index in [1.54, 1.807) is 16.8 Å². The molecule has 0 aliphatic heterocycles. The molecule has 134 valence electrons. The largest absolute Gasteiger partial charge is 0.289 e. The van der Waals surface area contributed by atoms with Crippen molar-refractivity contribution in [2.45, 2.75) is 32.1 Å². The van der Waals surface area contributed by atoms with Crippen LogP contribution in [0, 0.1) is 0 Å². The minimum atomic E-state index is -0.322. The molecular formula is C21H22N2O2S. The molecule has 5 heteroatoms. The summed E-state index contributed by atoms with van der Waals surface area (Å²) >= 11 is 1.75.